The molecule has 6 nitrogen and oxygen atoms in total. The van der Waals surface area contributed by atoms with Crippen LogP contribution in [0.4, 0.5) is 5.69 Å². The molecule has 0 spiro atoms. The van der Waals surface area contributed by atoms with E-state index in [-0.39, 0.29) is 11.4 Å². The van der Waals surface area contributed by atoms with Gasteiger partial charge in [-0.3, -0.25) is 4.79 Å². The van der Waals surface area contributed by atoms with Crippen molar-refractivity contribution in [1.82, 2.24) is 0 Å². The first-order valence-corrected chi connectivity index (χ1v) is 10.0. The fourth-order valence-corrected chi connectivity index (χ4v) is 4.34. The van der Waals surface area contributed by atoms with Crippen molar-refractivity contribution >= 4 is 38.8 Å². The molecule has 1 aliphatic rings. The van der Waals surface area contributed by atoms with Gasteiger partial charge in [0, 0.05) is 27.6 Å². The first-order valence-electron chi connectivity index (χ1n) is 7.06. The molecule has 1 aromatic carbocycles. The van der Waals surface area contributed by atoms with Gasteiger partial charge in [-0.2, -0.15) is 5.26 Å². The molecule has 8 heteroatoms. The number of sulfone groups is 1. The number of fused-ring (bicyclic) bond motifs is 1. The molecule has 0 aliphatic carbocycles. The number of carbonyl (C=O) groups excluding carboxylic acids is 1. The van der Waals surface area contributed by atoms with Crippen molar-refractivity contribution in [2.75, 3.05) is 17.3 Å². The molecule has 1 aliphatic heterocycles. The summed E-state index contributed by atoms with van der Waals surface area (Å²) in [6.45, 7) is 5.37. The Morgan fingerprint density at radius 1 is 1.50 bits per heavy atom. The van der Waals surface area contributed by atoms with Gasteiger partial charge in [0.15, 0.2) is 15.1 Å². The van der Waals surface area contributed by atoms with E-state index < -0.39 is 21.0 Å². The number of nitriles is 1. The second-order valence-electron chi connectivity index (χ2n) is 5.16. The number of thioether (sulfide) groups is 1. The van der Waals surface area contributed by atoms with Crippen molar-refractivity contribution in [1.29, 1.82) is 5.26 Å². The Labute approximate surface area is 145 Å². The van der Waals surface area contributed by atoms with E-state index in [1.165, 1.54) is 24.8 Å². The average Bonchev–Trinajstić information content (AvgIpc) is 2.53. The highest BCUT2D eigenvalue weighted by Crippen LogP contribution is 2.38. The van der Waals surface area contributed by atoms with Crippen molar-refractivity contribution in [3.05, 3.63) is 41.6 Å². The second-order valence-corrected chi connectivity index (χ2v) is 8.38. The molecule has 24 heavy (non-hydrogen) atoms. The lowest BCUT2D eigenvalue weighted by atomic mass is 9.94. The summed E-state index contributed by atoms with van der Waals surface area (Å²) >= 11 is 1.43. The SMILES string of the molecule is C=C1C=C(C(C(N)=O)S(=O)(=O)CC)Nc2ccc(SC)c(C#N)c21. The number of nitrogens with one attached hydrogen (secondary N) is 1. The van der Waals surface area contributed by atoms with Crippen molar-refractivity contribution in [3.63, 3.8) is 0 Å². The quantitative estimate of drug-likeness (QED) is 0.773. The number of nitrogens with zero attached hydrogens (tertiary/aromatic N) is 1. The van der Waals surface area contributed by atoms with Crippen LogP contribution in [0.1, 0.15) is 18.1 Å². The summed E-state index contributed by atoms with van der Waals surface area (Å²) in [5, 5.41) is 10.9. The summed E-state index contributed by atoms with van der Waals surface area (Å²) in [7, 11) is -3.73. The highest BCUT2D eigenvalue weighted by atomic mass is 32.2. The van der Waals surface area contributed by atoms with E-state index in [0.717, 1.165) is 4.90 Å². The van der Waals surface area contributed by atoms with Crippen LogP contribution in [0.25, 0.3) is 5.57 Å². The number of anilines is 1. The Balaban J connectivity index is 2.60. The molecule has 126 valence electrons. The monoisotopic (exact) mass is 363 g/mol. The van der Waals surface area contributed by atoms with E-state index in [1.54, 1.807) is 12.1 Å². The zero-order chi connectivity index (χ0) is 18.1. The van der Waals surface area contributed by atoms with Gasteiger partial charge in [0.25, 0.3) is 0 Å². The lowest BCUT2D eigenvalue weighted by Crippen LogP contribution is -2.41. The van der Waals surface area contributed by atoms with Gasteiger partial charge in [0.1, 0.15) is 6.07 Å². The Bertz CT molecular complexity index is 896. The molecular formula is C16H17N3O3S2. The highest BCUT2D eigenvalue weighted by molar-refractivity contribution is 7.98. The number of allylic oxidation sites excluding steroid dienone is 2. The van der Waals surface area contributed by atoms with E-state index >= 15 is 0 Å². The maximum absolute atomic E-state index is 12.2. The van der Waals surface area contributed by atoms with E-state index in [4.69, 9.17) is 5.73 Å². The van der Waals surface area contributed by atoms with Crippen LogP contribution in [0, 0.1) is 11.3 Å². The van der Waals surface area contributed by atoms with Crippen LogP contribution < -0.4 is 11.1 Å². The lowest BCUT2D eigenvalue weighted by molar-refractivity contribution is -0.117. The van der Waals surface area contributed by atoms with Crippen molar-refractivity contribution in [2.24, 2.45) is 5.73 Å². The fraction of sp³-hybridized carbons (Fsp3) is 0.250. The van der Waals surface area contributed by atoms with Gasteiger partial charge in [-0.1, -0.05) is 13.5 Å². The van der Waals surface area contributed by atoms with Gasteiger partial charge in [-0.05, 0) is 30.0 Å². The van der Waals surface area contributed by atoms with Crippen LogP contribution in [-0.4, -0.2) is 31.6 Å². The zero-order valence-electron chi connectivity index (χ0n) is 13.3. The number of amides is 1. The number of benzene rings is 1. The largest absolute Gasteiger partial charge is 0.368 e. The summed E-state index contributed by atoms with van der Waals surface area (Å²) < 4.78 is 24.4. The fourth-order valence-electron chi connectivity index (χ4n) is 2.59. The van der Waals surface area contributed by atoms with Crippen molar-refractivity contribution in [2.45, 2.75) is 17.1 Å². The zero-order valence-corrected chi connectivity index (χ0v) is 14.9. The molecule has 0 fully saturated rings. The molecule has 1 unspecified atom stereocenters. The normalized spacial score (nSPS) is 14.9. The maximum atomic E-state index is 12.2. The van der Waals surface area contributed by atoms with Crippen LogP contribution in [0.2, 0.25) is 0 Å². The minimum absolute atomic E-state index is 0.155. The molecule has 0 aromatic heterocycles. The second kappa shape index (κ2) is 6.71. The number of rotatable bonds is 5. The van der Waals surface area contributed by atoms with Crippen LogP contribution in [0.3, 0.4) is 0 Å². The van der Waals surface area contributed by atoms with Crippen LogP contribution in [0.15, 0.2) is 35.4 Å². The summed E-state index contributed by atoms with van der Waals surface area (Å²) in [5.74, 6) is -1.17. The predicted molar refractivity (Wildman–Crippen MR) is 96.1 cm³/mol. The molecule has 2 rings (SSSR count). The molecule has 1 amide bonds. The van der Waals surface area contributed by atoms with Gasteiger partial charge in [-0.25, -0.2) is 8.42 Å². The molecule has 0 bridgehead atoms. The Kier molecular flexibility index (Phi) is 5.06. The first kappa shape index (κ1) is 18.1. The number of hydrogen-bond donors (Lipinski definition) is 2. The molecule has 0 saturated heterocycles. The Morgan fingerprint density at radius 3 is 2.67 bits per heavy atom. The standard InChI is InChI=1S/C16H17N3O3S2/c1-4-24(21,22)15(16(18)20)12-7-9(2)14-10(8-17)13(23-3)6-5-11(14)19-12/h5-7,15,19H,2,4H2,1,3H3,(H2,18,20). The molecule has 0 saturated carbocycles. The van der Waals surface area contributed by atoms with Crippen LogP contribution >= 0.6 is 11.8 Å². The summed E-state index contributed by atoms with van der Waals surface area (Å²) in [5.41, 5.74) is 7.52. The topological polar surface area (TPSA) is 113 Å². The number of hydrogen-bond acceptors (Lipinski definition) is 6. The molecule has 1 aromatic rings. The van der Waals surface area contributed by atoms with Gasteiger partial charge >= 0.3 is 0 Å². The van der Waals surface area contributed by atoms with Crippen molar-refractivity contribution < 1.29 is 13.2 Å². The predicted octanol–water partition coefficient (Wildman–Crippen LogP) is 1.89. The summed E-state index contributed by atoms with van der Waals surface area (Å²) in [6, 6.07) is 5.65. The van der Waals surface area contributed by atoms with E-state index in [1.807, 2.05) is 6.26 Å². The third-order valence-electron chi connectivity index (χ3n) is 3.73. The van der Waals surface area contributed by atoms with Crippen LogP contribution in [0.5, 0.6) is 0 Å². The van der Waals surface area contributed by atoms with Gasteiger partial charge < -0.3 is 11.1 Å². The summed E-state index contributed by atoms with van der Waals surface area (Å²) in [6.07, 6.45) is 3.33. The average molecular weight is 363 g/mol. The third-order valence-corrected chi connectivity index (χ3v) is 6.52. The van der Waals surface area contributed by atoms with E-state index in [2.05, 4.69) is 18.0 Å². The van der Waals surface area contributed by atoms with Crippen LogP contribution in [-0.2, 0) is 14.6 Å². The Morgan fingerprint density at radius 2 is 2.17 bits per heavy atom. The number of primary amides is 1. The van der Waals surface area contributed by atoms with E-state index in [9.17, 15) is 18.5 Å². The lowest BCUT2D eigenvalue weighted by Gasteiger charge is -2.26. The molecular weight excluding hydrogens is 346 g/mol. The molecule has 0 radical (unpaired) electrons. The Hall–Kier alpha value is -2.24. The third kappa shape index (κ3) is 3.05. The first-order chi connectivity index (χ1) is 11.3. The van der Waals surface area contributed by atoms with Crippen molar-refractivity contribution in [3.8, 4) is 6.07 Å². The molecule has 1 heterocycles. The smallest absolute Gasteiger partial charge is 0.241 e. The highest BCUT2D eigenvalue weighted by Gasteiger charge is 2.35. The molecule has 3 N–H and O–H groups in total. The summed E-state index contributed by atoms with van der Waals surface area (Å²) in [4.78, 5) is 12.5. The minimum Gasteiger partial charge on any atom is -0.368 e. The molecule has 1 atom stereocenters. The van der Waals surface area contributed by atoms with E-state index in [0.29, 0.717) is 22.4 Å². The minimum atomic E-state index is -3.73. The number of nitrogens with two attached hydrogens (primary N) is 1. The van der Waals surface area contributed by atoms with Gasteiger partial charge in [0.2, 0.25) is 5.91 Å². The van der Waals surface area contributed by atoms with Gasteiger partial charge in [0.05, 0.1) is 5.56 Å². The van der Waals surface area contributed by atoms with Gasteiger partial charge in [-0.15, -0.1) is 11.8 Å². The maximum Gasteiger partial charge on any atom is 0.241 e. The number of carbonyl (C=O) groups is 1.